The summed E-state index contributed by atoms with van der Waals surface area (Å²) in [5.41, 5.74) is 1.75. The highest BCUT2D eigenvalue weighted by atomic mass is 16.2. The van der Waals surface area contributed by atoms with Crippen molar-refractivity contribution in [2.24, 2.45) is 0 Å². The number of pyridine rings is 2. The van der Waals surface area contributed by atoms with Gasteiger partial charge in [0.1, 0.15) is 5.82 Å². The highest BCUT2D eigenvalue weighted by Gasteiger charge is 2.19. The van der Waals surface area contributed by atoms with Gasteiger partial charge in [0.2, 0.25) is 0 Å². The van der Waals surface area contributed by atoms with Crippen molar-refractivity contribution in [3.63, 3.8) is 0 Å². The van der Waals surface area contributed by atoms with E-state index in [2.05, 4.69) is 43.7 Å². The summed E-state index contributed by atoms with van der Waals surface area (Å²) < 4.78 is 1.92. The van der Waals surface area contributed by atoms with Gasteiger partial charge in [-0.25, -0.2) is 9.78 Å². The molecule has 1 aliphatic rings. The van der Waals surface area contributed by atoms with Crippen molar-refractivity contribution in [3.05, 3.63) is 54.1 Å². The minimum Gasteiger partial charge on any atom is -0.357 e. The third-order valence-corrected chi connectivity index (χ3v) is 5.73. The van der Waals surface area contributed by atoms with Crippen molar-refractivity contribution >= 4 is 17.5 Å². The number of nitrogens with zero attached hydrogens (tertiary/aromatic N) is 5. The second-order valence-corrected chi connectivity index (χ2v) is 8.08. The normalized spacial score (nSPS) is 15.5. The molecule has 31 heavy (non-hydrogen) atoms. The Balaban J connectivity index is 1.34. The topological polar surface area (TPSA) is 87.5 Å². The molecule has 0 bridgehead atoms. The second-order valence-electron chi connectivity index (χ2n) is 8.08. The Labute approximate surface area is 183 Å². The van der Waals surface area contributed by atoms with Crippen LogP contribution < -0.4 is 15.5 Å². The molecule has 1 saturated heterocycles. The van der Waals surface area contributed by atoms with Crippen molar-refractivity contribution in [2.45, 2.75) is 58.0 Å². The molecule has 1 fully saturated rings. The minimum absolute atomic E-state index is 0.203. The lowest BCUT2D eigenvalue weighted by Crippen LogP contribution is -2.38. The highest BCUT2D eigenvalue weighted by molar-refractivity contribution is 5.74. The molecule has 4 rings (SSSR count). The zero-order valence-corrected chi connectivity index (χ0v) is 18.1. The summed E-state index contributed by atoms with van der Waals surface area (Å²) in [5.74, 6) is 1.77. The zero-order valence-electron chi connectivity index (χ0n) is 18.1. The molecule has 2 amide bonds. The van der Waals surface area contributed by atoms with Crippen LogP contribution in [-0.4, -0.2) is 38.7 Å². The van der Waals surface area contributed by atoms with E-state index in [0.29, 0.717) is 6.54 Å². The van der Waals surface area contributed by atoms with Crippen LogP contribution in [0.15, 0.2) is 42.7 Å². The van der Waals surface area contributed by atoms with Gasteiger partial charge in [-0.05, 0) is 43.0 Å². The molecule has 0 aromatic carbocycles. The van der Waals surface area contributed by atoms with Crippen molar-refractivity contribution in [1.29, 1.82) is 0 Å². The van der Waals surface area contributed by atoms with Crippen molar-refractivity contribution in [1.82, 2.24) is 30.2 Å². The number of amides is 2. The number of carbonyl (C=O) groups excluding carboxylic acids is 1. The molecule has 0 aliphatic carbocycles. The van der Waals surface area contributed by atoms with Crippen LogP contribution >= 0.6 is 0 Å². The van der Waals surface area contributed by atoms with Gasteiger partial charge in [-0.1, -0.05) is 38.3 Å². The maximum absolute atomic E-state index is 12.6. The van der Waals surface area contributed by atoms with Gasteiger partial charge in [-0.3, -0.25) is 4.40 Å². The lowest BCUT2D eigenvalue weighted by atomic mass is 10.1. The lowest BCUT2D eigenvalue weighted by molar-refractivity contribution is 0.235. The minimum atomic E-state index is -0.220. The number of rotatable bonds is 7. The first kappa shape index (κ1) is 21.1. The molecule has 1 aliphatic heterocycles. The summed E-state index contributed by atoms with van der Waals surface area (Å²) in [5, 5.41) is 14.5. The summed E-state index contributed by atoms with van der Waals surface area (Å²) >= 11 is 0. The van der Waals surface area contributed by atoms with Crippen molar-refractivity contribution in [2.75, 3.05) is 18.0 Å². The first-order valence-electron chi connectivity index (χ1n) is 11.3. The van der Waals surface area contributed by atoms with Gasteiger partial charge < -0.3 is 15.5 Å². The maximum Gasteiger partial charge on any atom is 0.315 e. The van der Waals surface area contributed by atoms with Crippen LogP contribution in [0.4, 0.5) is 10.6 Å². The van der Waals surface area contributed by atoms with E-state index < -0.39 is 0 Å². The van der Waals surface area contributed by atoms with Gasteiger partial charge >= 0.3 is 6.03 Å². The average Bonchev–Trinajstić information content (AvgIpc) is 3.03. The summed E-state index contributed by atoms with van der Waals surface area (Å²) in [6.45, 7) is 4.66. The molecule has 8 nitrogen and oxygen atoms in total. The molecule has 3 aromatic heterocycles. The number of hydrogen-bond acceptors (Lipinski definition) is 5. The summed E-state index contributed by atoms with van der Waals surface area (Å²) in [6, 6.07) is 9.45. The van der Waals surface area contributed by atoms with E-state index in [4.69, 9.17) is 0 Å². The van der Waals surface area contributed by atoms with E-state index in [9.17, 15) is 4.79 Å². The van der Waals surface area contributed by atoms with E-state index in [1.807, 2.05) is 41.1 Å². The molecule has 0 radical (unpaired) electrons. The Morgan fingerprint density at radius 1 is 1.10 bits per heavy atom. The van der Waals surface area contributed by atoms with Crippen LogP contribution in [0.2, 0.25) is 0 Å². The van der Waals surface area contributed by atoms with Gasteiger partial charge in [-0.2, -0.15) is 0 Å². The fourth-order valence-electron chi connectivity index (χ4n) is 4.05. The van der Waals surface area contributed by atoms with Gasteiger partial charge in [0, 0.05) is 32.0 Å². The fraction of sp³-hybridized carbons (Fsp3) is 0.478. The van der Waals surface area contributed by atoms with E-state index in [1.165, 1.54) is 25.7 Å². The number of nitrogens with one attached hydrogen (secondary N) is 2. The summed E-state index contributed by atoms with van der Waals surface area (Å²) in [7, 11) is 0. The SMILES string of the molecule is CCCC(NC(=O)NCc1ccc(N2CCCCCC2)nc1)c1nnc2ccccn12. The third kappa shape index (κ3) is 5.31. The van der Waals surface area contributed by atoms with Crippen LogP contribution in [0, 0.1) is 0 Å². The largest absolute Gasteiger partial charge is 0.357 e. The Morgan fingerprint density at radius 2 is 1.94 bits per heavy atom. The molecule has 0 spiro atoms. The Kier molecular flexibility index (Phi) is 6.96. The van der Waals surface area contributed by atoms with E-state index >= 15 is 0 Å². The summed E-state index contributed by atoms with van der Waals surface area (Å²) in [4.78, 5) is 19.6. The van der Waals surface area contributed by atoms with Crippen LogP contribution in [0.5, 0.6) is 0 Å². The van der Waals surface area contributed by atoms with Crippen LogP contribution in [0.3, 0.4) is 0 Å². The molecular weight excluding hydrogens is 390 g/mol. The lowest BCUT2D eigenvalue weighted by Gasteiger charge is -2.21. The Morgan fingerprint density at radius 3 is 2.68 bits per heavy atom. The van der Waals surface area contributed by atoms with Gasteiger partial charge in [-0.15, -0.1) is 10.2 Å². The molecule has 2 N–H and O–H groups in total. The smallest absolute Gasteiger partial charge is 0.315 e. The average molecular weight is 422 g/mol. The number of carbonyl (C=O) groups is 1. The molecule has 0 saturated carbocycles. The molecule has 4 heterocycles. The highest BCUT2D eigenvalue weighted by Crippen LogP contribution is 2.19. The first-order valence-corrected chi connectivity index (χ1v) is 11.3. The van der Waals surface area contributed by atoms with E-state index in [0.717, 1.165) is 48.8 Å². The van der Waals surface area contributed by atoms with Crippen molar-refractivity contribution in [3.8, 4) is 0 Å². The number of hydrogen-bond donors (Lipinski definition) is 2. The predicted molar refractivity (Wildman–Crippen MR) is 121 cm³/mol. The first-order chi connectivity index (χ1) is 15.2. The van der Waals surface area contributed by atoms with Crippen LogP contribution in [0.25, 0.3) is 5.65 Å². The number of fused-ring (bicyclic) bond motifs is 1. The molecule has 164 valence electrons. The standard InChI is InChI=1S/C23H31N7O/c1-2-9-19(22-28-27-21-10-5-8-15-30(21)22)26-23(31)25-17-18-11-12-20(24-16-18)29-13-6-3-4-7-14-29/h5,8,10-12,15-16,19H,2-4,6-7,9,13-14,17H2,1H3,(H2,25,26,31). The van der Waals surface area contributed by atoms with Gasteiger partial charge in [0.05, 0.1) is 6.04 Å². The molecule has 1 unspecified atom stereocenters. The van der Waals surface area contributed by atoms with Gasteiger partial charge in [0.25, 0.3) is 0 Å². The van der Waals surface area contributed by atoms with Gasteiger partial charge in [0.15, 0.2) is 11.5 Å². The van der Waals surface area contributed by atoms with Crippen LogP contribution in [-0.2, 0) is 6.54 Å². The zero-order chi connectivity index (χ0) is 21.5. The molecular formula is C23H31N7O. The fourth-order valence-corrected chi connectivity index (χ4v) is 4.05. The maximum atomic E-state index is 12.6. The predicted octanol–water partition coefficient (Wildman–Crippen LogP) is 3.85. The van der Waals surface area contributed by atoms with Crippen molar-refractivity contribution < 1.29 is 4.79 Å². The number of anilines is 1. The molecule has 3 aromatic rings. The van der Waals surface area contributed by atoms with E-state index in [-0.39, 0.29) is 12.1 Å². The Hall–Kier alpha value is -3.16. The number of aromatic nitrogens is 4. The molecule has 8 heteroatoms. The monoisotopic (exact) mass is 421 g/mol. The third-order valence-electron chi connectivity index (χ3n) is 5.73. The quantitative estimate of drug-likeness (QED) is 0.605. The second kappa shape index (κ2) is 10.2. The van der Waals surface area contributed by atoms with E-state index in [1.54, 1.807) is 0 Å². The summed E-state index contributed by atoms with van der Waals surface area (Å²) in [6.07, 6.45) is 10.6. The Bertz CT molecular complexity index is 977. The number of urea groups is 1. The molecule has 1 atom stereocenters. The van der Waals surface area contributed by atoms with Crippen LogP contribution in [0.1, 0.15) is 62.9 Å².